The van der Waals surface area contributed by atoms with Crippen LogP contribution in [0.1, 0.15) is 48.8 Å². The number of amides is 1. The van der Waals surface area contributed by atoms with E-state index in [0.29, 0.717) is 5.56 Å². The van der Waals surface area contributed by atoms with Crippen LogP contribution in [0.3, 0.4) is 0 Å². The first-order chi connectivity index (χ1) is 19.9. The number of nitrogens with two attached hydrogens (primary N) is 1. The maximum atomic E-state index is 14.0. The van der Waals surface area contributed by atoms with Crippen molar-refractivity contribution in [1.82, 2.24) is 4.90 Å². The number of likely N-dealkylation sites (N-methyl/N-ethyl adjacent to an activating group) is 1. The predicted molar refractivity (Wildman–Crippen MR) is 155 cm³/mol. The number of hydrogen-bond acceptors (Lipinski definition) is 8. The van der Waals surface area contributed by atoms with E-state index < -0.39 is 58.7 Å². The Labute approximate surface area is 244 Å². The number of aliphatic hydroxyl groups is 3. The van der Waals surface area contributed by atoms with Gasteiger partial charge in [0.2, 0.25) is 11.7 Å². The molecule has 3 fully saturated rings. The van der Waals surface area contributed by atoms with E-state index in [4.69, 9.17) is 5.73 Å². The quantitative estimate of drug-likeness (QED) is 0.341. The van der Waals surface area contributed by atoms with E-state index in [1.165, 1.54) is 37.3 Å². The molecule has 42 heavy (non-hydrogen) atoms. The molecule has 0 aliphatic heterocycles. The highest BCUT2D eigenvalue weighted by Gasteiger charge is 2.67. The second-order valence-corrected chi connectivity index (χ2v) is 12.8. The van der Waals surface area contributed by atoms with Crippen molar-refractivity contribution < 1.29 is 34.8 Å². The van der Waals surface area contributed by atoms with E-state index in [-0.39, 0.29) is 29.7 Å². The molecular weight excluding hydrogens is 536 g/mol. The van der Waals surface area contributed by atoms with Crippen LogP contribution in [0.5, 0.6) is 5.75 Å². The summed E-state index contributed by atoms with van der Waals surface area (Å²) in [6.07, 6.45) is 4.99. The molecule has 1 amide bonds. The lowest BCUT2D eigenvalue weighted by molar-refractivity contribution is -0.184. The van der Waals surface area contributed by atoms with Crippen molar-refractivity contribution in [3.8, 4) is 16.9 Å². The van der Waals surface area contributed by atoms with E-state index in [2.05, 4.69) is 12.1 Å². The summed E-state index contributed by atoms with van der Waals surface area (Å²) in [5.74, 6) is -6.70. The highest BCUT2D eigenvalue weighted by atomic mass is 16.3. The highest BCUT2D eigenvalue weighted by molar-refractivity contribution is 6.25. The number of fused-ring (bicyclic) bond motifs is 3. The third-order valence-corrected chi connectivity index (χ3v) is 10.2. The SMILES string of the molecule is CN(C)[C@@H]1[C@@H](O)C(C(N)=O)C(=O)[C@@]2(O)C(=O)C3=C(O)c4c(O)ccc(-c5ccc(CC6CCCC6)cc5)c4C[C@H]3C[C@@H]12. The van der Waals surface area contributed by atoms with Crippen LogP contribution in [0.25, 0.3) is 16.9 Å². The molecule has 4 aliphatic rings. The van der Waals surface area contributed by atoms with Gasteiger partial charge in [-0.1, -0.05) is 56.0 Å². The number of phenolic OH excluding ortho intramolecular Hbond substituents is 1. The van der Waals surface area contributed by atoms with Gasteiger partial charge in [0.1, 0.15) is 17.4 Å². The summed E-state index contributed by atoms with van der Waals surface area (Å²) in [6, 6.07) is 10.7. The van der Waals surface area contributed by atoms with Crippen molar-refractivity contribution >= 4 is 23.2 Å². The molecule has 0 spiro atoms. The van der Waals surface area contributed by atoms with E-state index in [0.717, 1.165) is 23.5 Å². The molecule has 3 saturated carbocycles. The average Bonchev–Trinajstić information content (AvgIpc) is 3.44. The topological polar surface area (TPSA) is 161 Å². The number of Topliss-reactive ketones (excluding diaryl/α,β-unsaturated/α-hetero) is 2. The third kappa shape index (κ3) is 4.20. The van der Waals surface area contributed by atoms with Gasteiger partial charge in [-0.25, -0.2) is 0 Å². The zero-order valence-electron chi connectivity index (χ0n) is 23.9. The van der Waals surface area contributed by atoms with Gasteiger partial charge in [0.25, 0.3) is 0 Å². The fraction of sp³-hybridized carbons (Fsp3) is 0.485. The summed E-state index contributed by atoms with van der Waals surface area (Å²) >= 11 is 0. The largest absolute Gasteiger partial charge is 0.507 e. The van der Waals surface area contributed by atoms with Crippen molar-refractivity contribution in [3.05, 3.63) is 58.7 Å². The lowest BCUT2D eigenvalue weighted by Crippen LogP contribution is -2.73. The van der Waals surface area contributed by atoms with Gasteiger partial charge in [-0.3, -0.25) is 14.4 Å². The first-order valence-corrected chi connectivity index (χ1v) is 14.8. The van der Waals surface area contributed by atoms with Crippen molar-refractivity contribution in [3.63, 3.8) is 0 Å². The van der Waals surface area contributed by atoms with Gasteiger partial charge < -0.3 is 31.1 Å². The smallest absolute Gasteiger partial charge is 0.230 e. The Morgan fingerprint density at radius 2 is 1.71 bits per heavy atom. The molecule has 0 bridgehead atoms. The molecule has 6 N–H and O–H groups in total. The highest BCUT2D eigenvalue weighted by Crippen LogP contribution is 2.53. The third-order valence-electron chi connectivity index (χ3n) is 10.2. The molecule has 6 rings (SSSR count). The van der Waals surface area contributed by atoms with Crippen LogP contribution in [0.4, 0.5) is 0 Å². The zero-order valence-corrected chi connectivity index (χ0v) is 23.9. The number of nitrogens with zero attached hydrogens (tertiary/aromatic N) is 1. The number of primary amides is 1. The summed E-state index contributed by atoms with van der Waals surface area (Å²) in [4.78, 5) is 41.3. The second-order valence-electron chi connectivity index (χ2n) is 12.8. The Morgan fingerprint density at radius 3 is 2.33 bits per heavy atom. The molecule has 0 saturated heterocycles. The minimum absolute atomic E-state index is 0.0909. The van der Waals surface area contributed by atoms with Crippen LogP contribution in [-0.4, -0.2) is 74.6 Å². The number of hydrogen-bond donors (Lipinski definition) is 5. The number of ketones is 2. The summed E-state index contributed by atoms with van der Waals surface area (Å²) in [7, 11) is 3.27. The van der Waals surface area contributed by atoms with Gasteiger partial charge in [0, 0.05) is 17.5 Å². The van der Waals surface area contributed by atoms with Crippen LogP contribution in [-0.2, 0) is 27.2 Å². The fourth-order valence-electron chi connectivity index (χ4n) is 8.24. The van der Waals surface area contributed by atoms with Gasteiger partial charge in [-0.2, -0.15) is 0 Å². The Morgan fingerprint density at radius 1 is 1.05 bits per heavy atom. The maximum Gasteiger partial charge on any atom is 0.230 e. The lowest BCUT2D eigenvalue weighted by Gasteiger charge is -2.53. The van der Waals surface area contributed by atoms with Gasteiger partial charge in [-0.15, -0.1) is 0 Å². The molecule has 1 unspecified atom stereocenters. The Kier molecular flexibility index (Phi) is 7.03. The number of aliphatic hydroxyl groups excluding tert-OH is 2. The molecule has 0 radical (unpaired) electrons. The Balaban J connectivity index is 1.42. The van der Waals surface area contributed by atoms with Crippen molar-refractivity contribution in [2.45, 2.75) is 62.7 Å². The van der Waals surface area contributed by atoms with Crippen LogP contribution in [0.2, 0.25) is 0 Å². The minimum atomic E-state index is -2.66. The average molecular weight is 575 g/mol. The summed E-state index contributed by atoms with van der Waals surface area (Å²) in [5, 5.41) is 45.2. The number of benzene rings is 2. The normalized spacial score (nSPS) is 31.2. The Bertz CT molecular complexity index is 1490. The van der Waals surface area contributed by atoms with Crippen LogP contribution >= 0.6 is 0 Å². The molecular formula is C33H38N2O7. The van der Waals surface area contributed by atoms with E-state index in [1.54, 1.807) is 25.1 Å². The minimum Gasteiger partial charge on any atom is -0.507 e. The van der Waals surface area contributed by atoms with Gasteiger partial charge in [0.15, 0.2) is 11.4 Å². The van der Waals surface area contributed by atoms with Gasteiger partial charge in [-0.05, 0) is 73.5 Å². The van der Waals surface area contributed by atoms with E-state index in [9.17, 15) is 34.8 Å². The Hall–Kier alpha value is -3.53. The van der Waals surface area contributed by atoms with Crippen molar-refractivity contribution in [1.29, 1.82) is 0 Å². The lowest BCUT2D eigenvalue weighted by atomic mass is 9.54. The number of phenols is 1. The number of aromatic hydroxyl groups is 1. The zero-order chi connectivity index (χ0) is 30.1. The molecule has 4 aliphatic carbocycles. The second kappa shape index (κ2) is 10.3. The molecule has 9 heteroatoms. The van der Waals surface area contributed by atoms with Crippen molar-refractivity contribution in [2.24, 2.45) is 29.4 Å². The summed E-state index contributed by atoms with van der Waals surface area (Å²) in [6.45, 7) is 0. The maximum absolute atomic E-state index is 14.0. The van der Waals surface area contributed by atoms with E-state index in [1.807, 2.05) is 12.1 Å². The molecule has 222 valence electrons. The monoisotopic (exact) mass is 574 g/mol. The number of carbonyl (C=O) groups is 3. The van der Waals surface area contributed by atoms with Crippen LogP contribution in [0.15, 0.2) is 42.0 Å². The van der Waals surface area contributed by atoms with Crippen LogP contribution in [0, 0.1) is 23.7 Å². The molecule has 0 aromatic heterocycles. The van der Waals surface area contributed by atoms with Crippen LogP contribution < -0.4 is 5.73 Å². The molecule has 2 aromatic rings. The first-order valence-electron chi connectivity index (χ1n) is 14.8. The van der Waals surface area contributed by atoms with Gasteiger partial charge in [0.05, 0.1) is 11.7 Å². The molecule has 2 aromatic carbocycles. The number of rotatable bonds is 5. The molecule has 0 heterocycles. The first kappa shape index (κ1) is 28.6. The summed E-state index contributed by atoms with van der Waals surface area (Å²) < 4.78 is 0. The predicted octanol–water partition coefficient (Wildman–Crippen LogP) is 2.53. The van der Waals surface area contributed by atoms with Gasteiger partial charge >= 0.3 is 0 Å². The standard InChI is InChI=1S/C33H38N2O7/c1-35(2)27-22-15-19-14-21-20(18-9-7-17(8-10-18)13-16-5-3-4-6-16)11-12-23(36)25(21)28(37)24(19)30(39)33(22,42)31(40)26(29(27)38)32(34)41/h7-12,16,19,22,26-27,29,36-38,42H,3-6,13-15H2,1-2H3,(H2,34,41)/t19-,22-,26?,27-,29-,33-/m0/s1. The van der Waals surface area contributed by atoms with E-state index >= 15 is 0 Å². The number of carbonyl (C=O) groups excluding carboxylic acids is 3. The summed E-state index contributed by atoms with van der Waals surface area (Å²) in [5.41, 5.74) is 6.40. The van der Waals surface area contributed by atoms with Crippen molar-refractivity contribution in [2.75, 3.05) is 14.1 Å². The molecule has 9 nitrogen and oxygen atoms in total. The molecule has 6 atom stereocenters. The fourth-order valence-corrected chi connectivity index (χ4v) is 8.24.